The number of halogens is 1. The first kappa shape index (κ1) is 19.8. The molecular formula is C18H24ClNO2S. The van der Waals surface area contributed by atoms with Gasteiger partial charge in [-0.05, 0) is 11.1 Å². The molecule has 0 aliphatic carbocycles. The Morgan fingerprint density at radius 2 is 1.43 bits per heavy atom. The van der Waals surface area contributed by atoms with Gasteiger partial charge in [0.15, 0.2) is 11.1 Å². The average molecular weight is 354 g/mol. The van der Waals surface area contributed by atoms with Gasteiger partial charge >= 0.3 is 0 Å². The summed E-state index contributed by atoms with van der Waals surface area (Å²) in [4.78, 5) is 0. The maximum atomic E-state index is 12.6. The van der Waals surface area contributed by atoms with Crippen molar-refractivity contribution in [2.75, 3.05) is 13.2 Å². The third-order valence-corrected chi connectivity index (χ3v) is 4.58. The number of nitrogens with one attached hydrogen (secondary N) is 1. The molecule has 2 aromatic carbocycles. The standard InChI is InChI=1S/C18H23NO2S.ClH/c1-15(2)19-13-14-21-22(20)18(16-9-5-3-6-10-16)17-11-7-4-8-12-17;/h3-12,15,18-19H,13-14H2,1-2H3;1H. The third kappa shape index (κ3) is 6.43. The monoisotopic (exact) mass is 353 g/mol. The second-order valence-corrected chi connectivity index (χ2v) is 6.62. The van der Waals surface area contributed by atoms with Crippen LogP contribution in [-0.4, -0.2) is 23.4 Å². The summed E-state index contributed by atoms with van der Waals surface area (Å²) >= 11 is -1.41. The van der Waals surface area contributed by atoms with Crippen molar-refractivity contribution in [2.45, 2.75) is 25.1 Å². The highest BCUT2D eigenvalue weighted by Gasteiger charge is 2.22. The number of rotatable bonds is 8. The summed E-state index contributed by atoms with van der Waals surface area (Å²) in [5.74, 6) is 0. The maximum Gasteiger partial charge on any atom is 0.167 e. The number of hydrogen-bond acceptors (Lipinski definition) is 3. The van der Waals surface area contributed by atoms with Crippen LogP contribution in [0.4, 0.5) is 0 Å². The van der Waals surface area contributed by atoms with Gasteiger partial charge in [0.25, 0.3) is 0 Å². The van der Waals surface area contributed by atoms with E-state index in [0.717, 1.165) is 11.1 Å². The lowest BCUT2D eigenvalue weighted by Gasteiger charge is -2.17. The van der Waals surface area contributed by atoms with Crippen LogP contribution in [0.25, 0.3) is 0 Å². The first-order valence-electron chi connectivity index (χ1n) is 7.55. The first-order chi connectivity index (χ1) is 10.7. The van der Waals surface area contributed by atoms with Crippen molar-refractivity contribution in [1.29, 1.82) is 0 Å². The number of hydrogen-bond donors (Lipinski definition) is 1. The molecule has 0 bridgehead atoms. The summed E-state index contributed by atoms with van der Waals surface area (Å²) in [7, 11) is 0. The molecule has 0 saturated heterocycles. The lowest BCUT2D eigenvalue weighted by atomic mass is 10.0. The van der Waals surface area contributed by atoms with Crippen LogP contribution in [0.5, 0.6) is 0 Å². The minimum absolute atomic E-state index is 0. The molecule has 3 nitrogen and oxygen atoms in total. The highest BCUT2D eigenvalue weighted by molar-refractivity contribution is 7.80. The second-order valence-electron chi connectivity index (χ2n) is 5.39. The van der Waals surface area contributed by atoms with Crippen LogP contribution >= 0.6 is 12.4 Å². The predicted molar refractivity (Wildman–Crippen MR) is 99.2 cm³/mol. The van der Waals surface area contributed by atoms with E-state index >= 15 is 0 Å². The Labute approximate surface area is 147 Å². The normalized spacial score (nSPS) is 12.2. The van der Waals surface area contributed by atoms with Gasteiger partial charge in [0.1, 0.15) is 5.25 Å². The molecule has 0 heterocycles. The molecule has 0 fully saturated rings. The van der Waals surface area contributed by atoms with Crippen LogP contribution < -0.4 is 5.32 Å². The van der Waals surface area contributed by atoms with E-state index in [1.807, 2.05) is 60.7 Å². The van der Waals surface area contributed by atoms with E-state index in [1.54, 1.807) is 0 Å². The molecule has 0 aromatic heterocycles. The zero-order valence-corrected chi connectivity index (χ0v) is 15.1. The Bertz CT molecular complexity index is 539. The van der Waals surface area contributed by atoms with Gasteiger partial charge in [0.05, 0.1) is 6.61 Å². The van der Waals surface area contributed by atoms with Gasteiger partial charge in [-0.2, -0.15) is 0 Å². The lowest BCUT2D eigenvalue weighted by molar-refractivity contribution is 0.333. The second kappa shape index (κ2) is 10.6. The summed E-state index contributed by atoms with van der Waals surface area (Å²) in [6, 6.07) is 20.1. The van der Waals surface area contributed by atoms with Gasteiger partial charge in [-0.15, -0.1) is 12.4 Å². The minimum atomic E-state index is -1.41. The molecule has 0 saturated carbocycles. The largest absolute Gasteiger partial charge is 0.312 e. The Balaban J connectivity index is 0.00000264. The summed E-state index contributed by atoms with van der Waals surface area (Å²) in [6.45, 7) is 5.28. The van der Waals surface area contributed by atoms with Crippen molar-refractivity contribution in [3.05, 3.63) is 71.8 Å². The van der Waals surface area contributed by atoms with Gasteiger partial charge in [-0.1, -0.05) is 74.5 Å². The van der Waals surface area contributed by atoms with Gasteiger partial charge in [-0.25, -0.2) is 4.21 Å². The Morgan fingerprint density at radius 1 is 0.957 bits per heavy atom. The van der Waals surface area contributed by atoms with Crippen LogP contribution in [0.3, 0.4) is 0 Å². The maximum absolute atomic E-state index is 12.6. The quantitative estimate of drug-likeness (QED) is 0.732. The van der Waals surface area contributed by atoms with E-state index in [1.165, 1.54) is 0 Å². The van der Waals surface area contributed by atoms with E-state index in [2.05, 4.69) is 19.2 Å². The molecule has 1 unspecified atom stereocenters. The molecule has 1 atom stereocenters. The Hall–Kier alpha value is -1.20. The van der Waals surface area contributed by atoms with Crippen LogP contribution in [0.2, 0.25) is 0 Å². The van der Waals surface area contributed by atoms with Crippen molar-refractivity contribution in [3.63, 3.8) is 0 Å². The van der Waals surface area contributed by atoms with Gasteiger partial charge < -0.3 is 5.32 Å². The van der Waals surface area contributed by atoms with Crippen molar-refractivity contribution in [3.8, 4) is 0 Å². The summed E-state index contributed by atoms with van der Waals surface area (Å²) in [5.41, 5.74) is 2.01. The van der Waals surface area contributed by atoms with Crippen LogP contribution in [0.15, 0.2) is 60.7 Å². The fraction of sp³-hybridized carbons (Fsp3) is 0.333. The highest BCUT2D eigenvalue weighted by Crippen LogP contribution is 2.28. The van der Waals surface area contributed by atoms with Gasteiger partial charge in [-0.3, -0.25) is 4.18 Å². The summed E-state index contributed by atoms with van der Waals surface area (Å²) < 4.78 is 18.2. The molecule has 0 radical (unpaired) electrons. The van der Waals surface area contributed by atoms with Crippen molar-refractivity contribution >= 4 is 23.5 Å². The molecule has 5 heteroatoms. The molecule has 0 spiro atoms. The number of benzene rings is 2. The van der Waals surface area contributed by atoms with E-state index in [0.29, 0.717) is 19.2 Å². The fourth-order valence-corrected chi connectivity index (χ4v) is 3.35. The zero-order valence-electron chi connectivity index (χ0n) is 13.5. The highest BCUT2D eigenvalue weighted by atomic mass is 35.5. The van der Waals surface area contributed by atoms with Gasteiger partial charge in [0.2, 0.25) is 0 Å². The van der Waals surface area contributed by atoms with E-state index < -0.39 is 11.1 Å². The SMILES string of the molecule is CC(C)NCCOS(=O)C(c1ccccc1)c1ccccc1.Cl. The van der Waals surface area contributed by atoms with E-state index in [9.17, 15) is 4.21 Å². The van der Waals surface area contributed by atoms with E-state index in [-0.39, 0.29) is 17.7 Å². The molecule has 23 heavy (non-hydrogen) atoms. The zero-order chi connectivity index (χ0) is 15.8. The van der Waals surface area contributed by atoms with Crippen LogP contribution in [0, 0.1) is 0 Å². The van der Waals surface area contributed by atoms with Crippen LogP contribution in [0.1, 0.15) is 30.2 Å². The Morgan fingerprint density at radius 3 is 1.87 bits per heavy atom. The van der Waals surface area contributed by atoms with Crippen molar-refractivity contribution in [1.82, 2.24) is 5.32 Å². The molecule has 0 amide bonds. The Kier molecular flexibility index (Phi) is 9.10. The van der Waals surface area contributed by atoms with Crippen LogP contribution in [-0.2, 0) is 15.3 Å². The van der Waals surface area contributed by atoms with Gasteiger partial charge in [0, 0.05) is 12.6 Å². The molecule has 0 aliphatic heterocycles. The molecule has 126 valence electrons. The van der Waals surface area contributed by atoms with Crippen molar-refractivity contribution < 1.29 is 8.39 Å². The average Bonchev–Trinajstić information content (AvgIpc) is 2.54. The lowest BCUT2D eigenvalue weighted by Crippen LogP contribution is -2.27. The molecule has 2 rings (SSSR count). The molecular weight excluding hydrogens is 330 g/mol. The fourth-order valence-electron chi connectivity index (χ4n) is 2.21. The summed E-state index contributed by atoms with van der Waals surface area (Å²) in [6.07, 6.45) is 0. The summed E-state index contributed by atoms with van der Waals surface area (Å²) in [5, 5.41) is 3.00. The first-order valence-corrected chi connectivity index (χ1v) is 8.69. The smallest absolute Gasteiger partial charge is 0.167 e. The predicted octanol–water partition coefficient (Wildman–Crippen LogP) is 3.88. The third-order valence-electron chi connectivity index (χ3n) is 3.25. The van der Waals surface area contributed by atoms with Crippen molar-refractivity contribution in [2.24, 2.45) is 0 Å². The van der Waals surface area contributed by atoms with E-state index in [4.69, 9.17) is 4.18 Å². The minimum Gasteiger partial charge on any atom is -0.312 e. The topological polar surface area (TPSA) is 38.3 Å². The molecule has 1 N–H and O–H groups in total. The molecule has 2 aromatic rings. The molecule has 0 aliphatic rings.